The van der Waals surface area contributed by atoms with Crippen molar-refractivity contribution in [3.05, 3.63) is 50.7 Å². The summed E-state index contributed by atoms with van der Waals surface area (Å²) in [4.78, 5) is 42.8. The molecule has 0 radical (unpaired) electrons. The van der Waals surface area contributed by atoms with Gasteiger partial charge in [-0.15, -0.1) is 0 Å². The number of likely N-dealkylation sites (N-methyl/N-ethyl adjacent to an activating group) is 1. The van der Waals surface area contributed by atoms with Gasteiger partial charge in [-0.2, -0.15) is 18.2 Å². The highest BCUT2D eigenvalue weighted by Gasteiger charge is 2.30. The second kappa shape index (κ2) is 6.87. The SMILES string of the molecule is CNC(=O)Cn1c(=O)c2[nH]c(Oc3cccc(C(F)(F)F)c3)nc2n(C)c1=O. The zero-order valence-electron chi connectivity index (χ0n) is 14.6. The zero-order valence-corrected chi connectivity index (χ0v) is 14.6. The van der Waals surface area contributed by atoms with Gasteiger partial charge in [-0.1, -0.05) is 6.07 Å². The van der Waals surface area contributed by atoms with Crippen LogP contribution in [-0.4, -0.2) is 32.1 Å². The fourth-order valence-electron chi connectivity index (χ4n) is 2.49. The summed E-state index contributed by atoms with van der Waals surface area (Å²) < 4.78 is 45.4. The number of aromatic nitrogens is 4. The Morgan fingerprint density at radius 2 is 2.04 bits per heavy atom. The number of imidazole rings is 1. The molecule has 0 saturated heterocycles. The van der Waals surface area contributed by atoms with E-state index in [0.29, 0.717) is 4.57 Å². The number of benzene rings is 1. The Labute approximate surface area is 154 Å². The third-order valence-electron chi connectivity index (χ3n) is 3.91. The van der Waals surface area contributed by atoms with E-state index in [2.05, 4.69) is 15.3 Å². The smallest absolute Gasteiger partial charge is 0.416 e. The normalized spacial score (nSPS) is 11.6. The third-order valence-corrected chi connectivity index (χ3v) is 3.91. The van der Waals surface area contributed by atoms with Gasteiger partial charge in [0, 0.05) is 14.1 Å². The molecule has 0 atom stereocenters. The standard InChI is InChI=1S/C16H14F3N5O4/c1-20-10(25)7-24-13(26)11-12(23(2)15(24)27)22-14(21-11)28-9-5-3-4-8(6-9)16(17,18)19/h3-6H,7H2,1-2H3,(H,20,25)(H,21,22). The van der Waals surface area contributed by atoms with Gasteiger partial charge in [-0.25, -0.2) is 9.36 Å². The molecule has 0 fully saturated rings. The molecule has 1 aromatic carbocycles. The Morgan fingerprint density at radius 3 is 2.68 bits per heavy atom. The summed E-state index contributed by atoms with van der Waals surface area (Å²) in [7, 11) is 2.69. The van der Waals surface area contributed by atoms with Gasteiger partial charge in [0.2, 0.25) is 5.91 Å². The lowest BCUT2D eigenvalue weighted by Gasteiger charge is -2.08. The highest BCUT2D eigenvalue weighted by Crippen LogP contribution is 2.32. The second-order valence-corrected chi connectivity index (χ2v) is 5.77. The lowest BCUT2D eigenvalue weighted by atomic mass is 10.2. The maximum Gasteiger partial charge on any atom is 0.416 e. The van der Waals surface area contributed by atoms with Crippen molar-refractivity contribution in [1.29, 1.82) is 0 Å². The van der Waals surface area contributed by atoms with E-state index in [0.717, 1.165) is 22.8 Å². The summed E-state index contributed by atoms with van der Waals surface area (Å²) in [6, 6.07) is 3.82. The Morgan fingerprint density at radius 1 is 1.32 bits per heavy atom. The Hall–Kier alpha value is -3.57. The average Bonchev–Trinajstić information content (AvgIpc) is 3.07. The highest BCUT2D eigenvalue weighted by atomic mass is 19.4. The zero-order chi connectivity index (χ0) is 20.6. The van der Waals surface area contributed by atoms with Gasteiger partial charge in [-0.3, -0.25) is 14.2 Å². The molecule has 0 spiro atoms. The number of alkyl halides is 3. The fraction of sp³-hybridized carbons (Fsp3) is 0.250. The van der Waals surface area contributed by atoms with Crippen molar-refractivity contribution in [2.75, 3.05) is 7.05 Å². The number of H-pyrrole nitrogens is 1. The number of fused-ring (bicyclic) bond motifs is 1. The number of aromatic amines is 1. The summed E-state index contributed by atoms with van der Waals surface area (Å²) in [5, 5.41) is 2.30. The van der Waals surface area contributed by atoms with Crippen LogP contribution in [0.15, 0.2) is 33.9 Å². The first-order valence-corrected chi connectivity index (χ1v) is 7.87. The molecule has 148 valence electrons. The fourth-order valence-corrected chi connectivity index (χ4v) is 2.49. The number of hydrogen-bond acceptors (Lipinski definition) is 5. The van der Waals surface area contributed by atoms with Crippen LogP contribution in [0.2, 0.25) is 0 Å². The molecule has 9 nitrogen and oxygen atoms in total. The minimum absolute atomic E-state index is 0.0647. The van der Waals surface area contributed by atoms with Crippen LogP contribution < -0.4 is 21.3 Å². The predicted molar refractivity (Wildman–Crippen MR) is 91.2 cm³/mol. The van der Waals surface area contributed by atoms with Gasteiger partial charge in [0.1, 0.15) is 12.3 Å². The molecule has 2 aromatic heterocycles. The second-order valence-electron chi connectivity index (χ2n) is 5.77. The first kappa shape index (κ1) is 19.2. The van der Waals surface area contributed by atoms with Gasteiger partial charge in [-0.05, 0) is 18.2 Å². The Balaban J connectivity index is 2.05. The van der Waals surface area contributed by atoms with Crippen LogP contribution in [0.1, 0.15) is 5.56 Å². The lowest BCUT2D eigenvalue weighted by Crippen LogP contribution is -2.42. The van der Waals surface area contributed by atoms with Crippen molar-refractivity contribution in [1.82, 2.24) is 24.4 Å². The van der Waals surface area contributed by atoms with Gasteiger partial charge < -0.3 is 15.0 Å². The van der Waals surface area contributed by atoms with Crippen molar-refractivity contribution in [3.63, 3.8) is 0 Å². The van der Waals surface area contributed by atoms with Crippen molar-refractivity contribution in [2.45, 2.75) is 12.7 Å². The minimum atomic E-state index is -4.55. The molecular weight excluding hydrogens is 383 g/mol. The van der Waals surface area contributed by atoms with E-state index in [4.69, 9.17) is 4.74 Å². The van der Waals surface area contributed by atoms with E-state index in [1.165, 1.54) is 20.2 Å². The molecule has 12 heteroatoms. The summed E-state index contributed by atoms with van der Waals surface area (Å²) >= 11 is 0. The summed E-state index contributed by atoms with van der Waals surface area (Å²) in [6.07, 6.45) is -4.55. The van der Waals surface area contributed by atoms with E-state index < -0.39 is 35.4 Å². The van der Waals surface area contributed by atoms with Crippen LogP contribution in [-0.2, 0) is 24.6 Å². The summed E-state index contributed by atoms with van der Waals surface area (Å²) in [5.41, 5.74) is -2.70. The largest absolute Gasteiger partial charge is 0.426 e. The Bertz CT molecular complexity index is 1180. The third kappa shape index (κ3) is 3.48. The molecule has 0 aliphatic rings. The molecule has 0 aliphatic carbocycles. The van der Waals surface area contributed by atoms with Crippen molar-refractivity contribution in [3.8, 4) is 11.8 Å². The first-order valence-electron chi connectivity index (χ1n) is 7.87. The predicted octanol–water partition coefficient (Wildman–Crippen LogP) is 0.980. The van der Waals surface area contributed by atoms with E-state index in [1.807, 2.05) is 0 Å². The molecule has 3 rings (SSSR count). The molecule has 3 aromatic rings. The maximum absolute atomic E-state index is 12.8. The van der Waals surface area contributed by atoms with Crippen LogP contribution in [0.3, 0.4) is 0 Å². The number of nitrogens with zero attached hydrogens (tertiary/aromatic N) is 3. The number of ether oxygens (including phenoxy) is 1. The van der Waals surface area contributed by atoms with E-state index in [1.54, 1.807) is 0 Å². The quantitative estimate of drug-likeness (QED) is 0.682. The van der Waals surface area contributed by atoms with Gasteiger partial charge in [0.25, 0.3) is 5.56 Å². The van der Waals surface area contributed by atoms with Crippen LogP contribution in [0.5, 0.6) is 11.8 Å². The molecule has 2 N–H and O–H groups in total. The molecule has 1 amide bonds. The van der Waals surface area contributed by atoms with Gasteiger partial charge in [0.05, 0.1) is 5.56 Å². The number of hydrogen-bond donors (Lipinski definition) is 2. The highest BCUT2D eigenvalue weighted by molar-refractivity contribution is 5.76. The maximum atomic E-state index is 12.8. The van der Waals surface area contributed by atoms with E-state index >= 15 is 0 Å². The average molecular weight is 397 g/mol. The van der Waals surface area contributed by atoms with Crippen molar-refractivity contribution < 1.29 is 22.7 Å². The van der Waals surface area contributed by atoms with Crippen molar-refractivity contribution >= 4 is 17.1 Å². The molecule has 0 bridgehead atoms. The van der Waals surface area contributed by atoms with E-state index in [-0.39, 0.29) is 22.9 Å². The number of carbonyl (C=O) groups excluding carboxylic acids is 1. The summed E-state index contributed by atoms with van der Waals surface area (Å²) in [5.74, 6) is -0.719. The topological polar surface area (TPSA) is 111 Å². The van der Waals surface area contributed by atoms with Crippen LogP contribution in [0.4, 0.5) is 13.2 Å². The van der Waals surface area contributed by atoms with Gasteiger partial charge >= 0.3 is 17.9 Å². The number of nitrogens with one attached hydrogen (secondary N) is 2. The monoisotopic (exact) mass is 397 g/mol. The molecule has 0 aliphatic heterocycles. The number of aryl methyl sites for hydroxylation is 1. The molecule has 0 unspecified atom stereocenters. The van der Waals surface area contributed by atoms with Crippen LogP contribution in [0, 0.1) is 0 Å². The summed E-state index contributed by atoms with van der Waals surface area (Å²) in [6.45, 7) is -0.499. The minimum Gasteiger partial charge on any atom is -0.426 e. The van der Waals surface area contributed by atoms with Gasteiger partial charge in [0.15, 0.2) is 11.2 Å². The number of rotatable bonds is 4. The molecule has 2 heterocycles. The molecule has 28 heavy (non-hydrogen) atoms. The van der Waals surface area contributed by atoms with E-state index in [9.17, 15) is 27.6 Å². The number of halogens is 3. The van der Waals surface area contributed by atoms with Crippen LogP contribution >= 0.6 is 0 Å². The van der Waals surface area contributed by atoms with Crippen molar-refractivity contribution in [2.24, 2.45) is 7.05 Å². The Kier molecular flexibility index (Phi) is 4.71. The lowest BCUT2D eigenvalue weighted by molar-refractivity contribution is -0.137. The molecule has 0 saturated carbocycles. The molecular formula is C16H14F3N5O4. The van der Waals surface area contributed by atoms with Crippen LogP contribution in [0.25, 0.3) is 11.2 Å². The first-order chi connectivity index (χ1) is 13.1. The number of carbonyl (C=O) groups is 1. The number of amides is 1.